The predicted octanol–water partition coefficient (Wildman–Crippen LogP) is 2.96. The lowest BCUT2D eigenvalue weighted by Crippen LogP contribution is -2.18. The molecule has 0 spiro atoms. The van der Waals surface area contributed by atoms with Crippen molar-refractivity contribution < 1.29 is 4.74 Å². The van der Waals surface area contributed by atoms with Gasteiger partial charge in [-0.3, -0.25) is 0 Å². The van der Waals surface area contributed by atoms with Crippen LogP contribution in [-0.4, -0.2) is 42.2 Å². The maximum absolute atomic E-state index is 5.81. The van der Waals surface area contributed by atoms with E-state index in [-0.39, 0.29) is 0 Å². The molecule has 1 atom stereocenters. The van der Waals surface area contributed by atoms with Gasteiger partial charge in [-0.25, -0.2) is 0 Å². The molecule has 1 aromatic heterocycles. The van der Waals surface area contributed by atoms with Crippen LogP contribution >= 0.6 is 0 Å². The molecule has 1 rings (SSSR count). The van der Waals surface area contributed by atoms with Crippen LogP contribution in [0.15, 0.2) is 0 Å². The molecule has 0 aliphatic rings. The van der Waals surface area contributed by atoms with Crippen LogP contribution in [0, 0.1) is 5.92 Å². The Balaban J connectivity index is 2.71. The van der Waals surface area contributed by atoms with E-state index in [4.69, 9.17) is 4.74 Å². The van der Waals surface area contributed by atoms with Gasteiger partial charge in [0.25, 0.3) is 0 Å². The number of hydrogen-bond donors (Lipinski definition) is 1. The highest BCUT2D eigenvalue weighted by molar-refractivity contribution is 5.36. The van der Waals surface area contributed by atoms with Crippen molar-refractivity contribution in [2.45, 2.75) is 46.5 Å². The van der Waals surface area contributed by atoms with Crippen molar-refractivity contribution >= 4 is 11.9 Å². The van der Waals surface area contributed by atoms with Gasteiger partial charge >= 0.3 is 6.01 Å². The number of ether oxygens (including phenoxy) is 1. The summed E-state index contributed by atoms with van der Waals surface area (Å²) >= 11 is 0. The fourth-order valence-corrected chi connectivity index (χ4v) is 1.94. The van der Waals surface area contributed by atoms with E-state index in [1.807, 2.05) is 25.9 Å². The Morgan fingerprint density at radius 2 is 1.90 bits per heavy atom. The van der Waals surface area contributed by atoms with Crippen LogP contribution in [0.4, 0.5) is 11.9 Å². The normalized spacial score (nSPS) is 12.0. The zero-order chi connectivity index (χ0) is 15.7. The molecule has 1 aromatic rings. The molecule has 1 heterocycles. The average molecular weight is 295 g/mol. The zero-order valence-corrected chi connectivity index (χ0v) is 14.0. The van der Waals surface area contributed by atoms with Crippen LogP contribution in [0.1, 0.15) is 46.5 Å². The van der Waals surface area contributed by atoms with Crippen molar-refractivity contribution in [2.75, 3.05) is 37.5 Å². The van der Waals surface area contributed by atoms with E-state index in [0.717, 1.165) is 13.0 Å². The fraction of sp³-hybridized carbons (Fsp3) is 0.800. The van der Waals surface area contributed by atoms with Crippen molar-refractivity contribution in [3.63, 3.8) is 0 Å². The van der Waals surface area contributed by atoms with E-state index in [2.05, 4.69) is 34.1 Å². The first-order valence-electron chi connectivity index (χ1n) is 7.90. The molecule has 0 aliphatic carbocycles. The predicted molar refractivity (Wildman–Crippen MR) is 87.1 cm³/mol. The highest BCUT2D eigenvalue weighted by atomic mass is 16.5. The molecule has 0 saturated heterocycles. The molecule has 0 amide bonds. The SMILES string of the molecule is CCCCC(CC)COc1nc(NCC)nc(N(C)C)n1. The van der Waals surface area contributed by atoms with Crippen molar-refractivity contribution in [3.8, 4) is 6.01 Å². The minimum Gasteiger partial charge on any atom is -0.463 e. The number of aromatic nitrogens is 3. The van der Waals surface area contributed by atoms with E-state index in [1.165, 1.54) is 19.3 Å². The largest absolute Gasteiger partial charge is 0.463 e. The number of nitrogens with one attached hydrogen (secondary N) is 1. The van der Waals surface area contributed by atoms with E-state index < -0.39 is 0 Å². The standard InChI is InChI=1S/C15H29N5O/c1-6-9-10-12(7-2)11-21-15-18-13(16-8-3)17-14(19-15)20(4)5/h12H,6-11H2,1-5H3,(H,16,17,18,19). The van der Waals surface area contributed by atoms with Crippen LogP contribution in [0.3, 0.4) is 0 Å². The first kappa shape index (κ1) is 17.5. The van der Waals surface area contributed by atoms with Crippen LogP contribution in [-0.2, 0) is 0 Å². The molecule has 21 heavy (non-hydrogen) atoms. The number of rotatable bonds is 10. The summed E-state index contributed by atoms with van der Waals surface area (Å²) in [6, 6.07) is 0.402. The van der Waals surface area contributed by atoms with Gasteiger partial charge in [-0.05, 0) is 19.3 Å². The van der Waals surface area contributed by atoms with Gasteiger partial charge in [0, 0.05) is 20.6 Å². The zero-order valence-electron chi connectivity index (χ0n) is 14.0. The summed E-state index contributed by atoms with van der Waals surface area (Å²) in [6.07, 6.45) is 4.77. The molecule has 0 fully saturated rings. The minimum absolute atomic E-state index is 0.402. The molecule has 0 radical (unpaired) electrons. The Kier molecular flexibility index (Phi) is 7.79. The highest BCUT2D eigenvalue weighted by Crippen LogP contribution is 2.17. The molecule has 0 bridgehead atoms. The Labute approximate surface area is 128 Å². The second kappa shape index (κ2) is 9.37. The smallest absolute Gasteiger partial charge is 0.323 e. The summed E-state index contributed by atoms with van der Waals surface area (Å²) in [5, 5.41) is 3.11. The first-order valence-corrected chi connectivity index (χ1v) is 7.90. The van der Waals surface area contributed by atoms with E-state index >= 15 is 0 Å². The van der Waals surface area contributed by atoms with Gasteiger partial charge in [-0.2, -0.15) is 15.0 Å². The molecular formula is C15H29N5O. The van der Waals surface area contributed by atoms with Gasteiger partial charge in [0.1, 0.15) is 0 Å². The summed E-state index contributed by atoms with van der Waals surface area (Å²) < 4.78 is 5.81. The summed E-state index contributed by atoms with van der Waals surface area (Å²) in [5.74, 6) is 1.73. The third-order valence-electron chi connectivity index (χ3n) is 3.33. The van der Waals surface area contributed by atoms with Crippen molar-refractivity contribution in [2.24, 2.45) is 5.92 Å². The third kappa shape index (κ3) is 6.14. The molecule has 1 N–H and O–H groups in total. The molecule has 6 heteroatoms. The van der Waals surface area contributed by atoms with E-state index in [9.17, 15) is 0 Å². The van der Waals surface area contributed by atoms with Gasteiger partial charge in [0.2, 0.25) is 11.9 Å². The lowest BCUT2D eigenvalue weighted by atomic mass is 10.0. The van der Waals surface area contributed by atoms with Gasteiger partial charge < -0.3 is 15.0 Å². The minimum atomic E-state index is 0.402. The maximum Gasteiger partial charge on any atom is 0.323 e. The maximum atomic E-state index is 5.81. The topological polar surface area (TPSA) is 63.2 Å². The Morgan fingerprint density at radius 3 is 2.48 bits per heavy atom. The Hall–Kier alpha value is -1.59. The van der Waals surface area contributed by atoms with Gasteiger partial charge in [-0.1, -0.05) is 33.1 Å². The second-order valence-corrected chi connectivity index (χ2v) is 5.39. The molecule has 0 aliphatic heterocycles. The third-order valence-corrected chi connectivity index (χ3v) is 3.33. The molecule has 1 unspecified atom stereocenters. The van der Waals surface area contributed by atoms with Crippen molar-refractivity contribution in [3.05, 3.63) is 0 Å². The van der Waals surface area contributed by atoms with Gasteiger partial charge in [0.15, 0.2) is 0 Å². The molecular weight excluding hydrogens is 266 g/mol. The summed E-state index contributed by atoms with van der Waals surface area (Å²) in [6.45, 7) is 7.86. The molecule has 6 nitrogen and oxygen atoms in total. The quantitative estimate of drug-likeness (QED) is 0.716. The van der Waals surface area contributed by atoms with Crippen LogP contribution < -0.4 is 15.0 Å². The second-order valence-electron chi connectivity index (χ2n) is 5.39. The highest BCUT2D eigenvalue weighted by Gasteiger charge is 2.12. The molecule has 0 aromatic carbocycles. The summed E-state index contributed by atoms with van der Waals surface area (Å²) in [5.41, 5.74) is 0. The number of unbranched alkanes of at least 4 members (excludes halogenated alkanes) is 1. The Morgan fingerprint density at radius 1 is 1.14 bits per heavy atom. The van der Waals surface area contributed by atoms with Gasteiger partial charge in [-0.15, -0.1) is 0 Å². The lowest BCUT2D eigenvalue weighted by Gasteiger charge is -2.16. The van der Waals surface area contributed by atoms with Crippen LogP contribution in [0.5, 0.6) is 6.01 Å². The van der Waals surface area contributed by atoms with Crippen LogP contribution in [0.25, 0.3) is 0 Å². The van der Waals surface area contributed by atoms with E-state index in [1.54, 1.807) is 0 Å². The number of hydrogen-bond acceptors (Lipinski definition) is 6. The fourth-order valence-electron chi connectivity index (χ4n) is 1.94. The molecule has 0 saturated carbocycles. The summed E-state index contributed by atoms with van der Waals surface area (Å²) in [4.78, 5) is 14.8. The average Bonchev–Trinajstić information content (AvgIpc) is 2.47. The summed E-state index contributed by atoms with van der Waals surface area (Å²) in [7, 11) is 3.82. The van der Waals surface area contributed by atoms with Gasteiger partial charge in [0.05, 0.1) is 6.61 Å². The monoisotopic (exact) mass is 295 g/mol. The number of anilines is 2. The lowest BCUT2D eigenvalue weighted by molar-refractivity contribution is 0.217. The van der Waals surface area contributed by atoms with E-state index in [0.29, 0.717) is 30.4 Å². The van der Waals surface area contributed by atoms with Crippen LogP contribution in [0.2, 0.25) is 0 Å². The molecule has 120 valence electrons. The first-order chi connectivity index (χ1) is 10.1. The number of nitrogens with zero attached hydrogens (tertiary/aromatic N) is 4. The van der Waals surface area contributed by atoms with Crippen molar-refractivity contribution in [1.29, 1.82) is 0 Å². The van der Waals surface area contributed by atoms with Crippen molar-refractivity contribution in [1.82, 2.24) is 15.0 Å². The Bertz CT molecular complexity index is 411.